The summed E-state index contributed by atoms with van der Waals surface area (Å²) in [5.41, 5.74) is 4.26. The minimum atomic E-state index is 0.463. The fourth-order valence-corrected chi connectivity index (χ4v) is 2.46. The van der Waals surface area contributed by atoms with Crippen molar-refractivity contribution in [3.8, 4) is 0 Å². The third-order valence-electron chi connectivity index (χ3n) is 4.00. The topological polar surface area (TPSA) is 15.3 Å². The Kier molecular flexibility index (Phi) is 6.37. The van der Waals surface area contributed by atoms with E-state index < -0.39 is 0 Å². The van der Waals surface area contributed by atoms with Gasteiger partial charge in [0.05, 0.1) is 0 Å². The molecule has 0 aliphatic rings. The van der Waals surface area contributed by atoms with Crippen LogP contribution in [0.5, 0.6) is 0 Å². The van der Waals surface area contributed by atoms with E-state index in [1.807, 2.05) is 0 Å². The van der Waals surface area contributed by atoms with Crippen LogP contribution < -0.4 is 5.32 Å². The number of nitrogens with one attached hydrogen (secondary N) is 1. The molecule has 0 fully saturated rings. The molecule has 0 aliphatic carbocycles. The summed E-state index contributed by atoms with van der Waals surface area (Å²) in [5, 5.41) is 3.46. The highest BCUT2D eigenvalue weighted by Crippen LogP contribution is 2.22. The normalized spacial score (nSPS) is 13.0. The van der Waals surface area contributed by atoms with Crippen LogP contribution in [0.4, 0.5) is 0 Å². The molecular formula is C16H28N2. The van der Waals surface area contributed by atoms with E-state index in [9.17, 15) is 0 Å². The second kappa shape index (κ2) is 7.55. The maximum absolute atomic E-state index is 3.46. The Labute approximate surface area is 112 Å². The Hall–Kier alpha value is -0.860. The van der Waals surface area contributed by atoms with Crippen molar-refractivity contribution in [3.63, 3.8) is 0 Å². The molecule has 0 amide bonds. The Morgan fingerprint density at radius 1 is 1.17 bits per heavy atom. The Balaban J connectivity index is 2.74. The zero-order valence-corrected chi connectivity index (χ0v) is 12.6. The van der Waals surface area contributed by atoms with E-state index in [1.54, 1.807) is 0 Å². The van der Waals surface area contributed by atoms with Crippen molar-refractivity contribution in [3.05, 3.63) is 34.9 Å². The van der Waals surface area contributed by atoms with E-state index in [0.717, 1.165) is 19.6 Å². The Bertz CT molecular complexity index is 356. The monoisotopic (exact) mass is 248 g/mol. The van der Waals surface area contributed by atoms with Gasteiger partial charge in [-0.25, -0.2) is 0 Å². The van der Waals surface area contributed by atoms with Crippen LogP contribution in [0.2, 0.25) is 0 Å². The molecule has 18 heavy (non-hydrogen) atoms. The summed E-state index contributed by atoms with van der Waals surface area (Å²) in [6.45, 7) is 12.3. The number of rotatable bonds is 7. The molecule has 0 spiro atoms. The first-order valence-electron chi connectivity index (χ1n) is 7.09. The van der Waals surface area contributed by atoms with Crippen LogP contribution in [0.3, 0.4) is 0 Å². The Morgan fingerprint density at radius 3 is 2.39 bits per heavy atom. The molecule has 1 aromatic carbocycles. The maximum Gasteiger partial charge on any atom is 0.0332 e. The SMILES string of the molecule is CCN(CC)CCC(NC)c1cccc(C)c1C. The molecular weight excluding hydrogens is 220 g/mol. The van der Waals surface area contributed by atoms with Crippen LogP contribution in [0, 0.1) is 13.8 Å². The average molecular weight is 248 g/mol. The summed E-state index contributed by atoms with van der Waals surface area (Å²) >= 11 is 0. The summed E-state index contributed by atoms with van der Waals surface area (Å²) < 4.78 is 0. The Morgan fingerprint density at radius 2 is 1.83 bits per heavy atom. The van der Waals surface area contributed by atoms with Gasteiger partial charge in [0.15, 0.2) is 0 Å². The van der Waals surface area contributed by atoms with Gasteiger partial charge in [-0.05, 0) is 63.6 Å². The van der Waals surface area contributed by atoms with Crippen molar-refractivity contribution in [2.45, 2.75) is 40.2 Å². The van der Waals surface area contributed by atoms with Gasteiger partial charge in [-0.3, -0.25) is 0 Å². The second-order valence-corrected chi connectivity index (χ2v) is 4.95. The fraction of sp³-hybridized carbons (Fsp3) is 0.625. The van der Waals surface area contributed by atoms with E-state index in [0.29, 0.717) is 6.04 Å². The van der Waals surface area contributed by atoms with Gasteiger partial charge in [-0.15, -0.1) is 0 Å². The van der Waals surface area contributed by atoms with E-state index in [1.165, 1.54) is 23.1 Å². The van der Waals surface area contributed by atoms with Crippen LogP contribution >= 0.6 is 0 Å². The molecule has 0 bridgehead atoms. The first-order chi connectivity index (χ1) is 8.63. The molecule has 1 N–H and O–H groups in total. The summed E-state index contributed by atoms with van der Waals surface area (Å²) in [6.07, 6.45) is 1.17. The van der Waals surface area contributed by atoms with Crippen molar-refractivity contribution in [2.24, 2.45) is 0 Å². The standard InChI is InChI=1S/C16H28N2/c1-6-18(7-2)12-11-16(17-5)15-10-8-9-13(3)14(15)4/h8-10,16-17H,6-7,11-12H2,1-5H3. The van der Waals surface area contributed by atoms with Gasteiger partial charge >= 0.3 is 0 Å². The van der Waals surface area contributed by atoms with E-state index in [4.69, 9.17) is 0 Å². The first-order valence-corrected chi connectivity index (χ1v) is 7.09. The van der Waals surface area contributed by atoms with Crippen molar-refractivity contribution in [1.82, 2.24) is 10.2 Å². The van der Waals surface area contributed by atoms with Crippen LogP contribution in [0.15, 0.2) is 18.2 Å². The smallest absolute Gasteiger partial charge is 0.0332 e. The lowest BCUT2D eigenvalue weighted by atomic mass is 9.95. The lowest BCUT2D eigenvalue weighted by molar-refractivity contribution is 0.284. The lowest BCUT2D eigenvalue weighted by Gasteiger charge is -2.24. The fourth-order valence-electron chi connectivity index (χ4n) is 2.46. The molecule has 1 aromatic rings. The highest BCUT2D eigenvalue weighted by Gasteiger charge is 2.13. The van der Waals surface area contributed by atoms with Crippen LogP contribution in [0.25, 0.3) is 0 Å². The van der Waals surface area contributed by atoms with Gasteiger partial charge in [-0.2, -0.15) is 0 Å². The molecule has 0 aliphatic heterocycles. The summed E-state index contributed by atoms with van der Waals surface area (Å²) in [5.74, 6) is 0. The van der Waals surface area contributed by atoms with E-state index >= 15 is 0 Å². The highest BCUT2D eigenvalue weighted by molar-refractivity contribution is 5.35. The van der Waals surface area contributed by atoms with Gasteiger partial charge in [0.2, 0.25) is 0 Å². The minimum absolute atomic E-state index is 0.463. The van der Waals surface area contributed by atoms with Gasteiger partial charge in [0.25, 0.3) is 0 Å². The van der Waals surface area contributed by atoms with Crippen LogP contribution in [0.1, 0.15) is 43.0 Å². The van der Waals surface area contributed by atoms with Crippen molar-refractivity contribution in [1.29, 1.82) is 0 Å². The van der Waals surface area contributed by atoms with Gasteiger partial charge in [-0.1, -0.05) is 32.0 Å². The molecule has 0 aromatic heterocycles. The first kappa shape index (κ1) is 15.2. The summed E-state index contributed by atoms with van der Waals surface area (Å²) in [4.78, 5) is 2.48. The largest absolute Gasteiger partial charge is 0.313 e. The number of nitrogens with zero attached hydrogens (tertiary/aromatic N) is 1. The molecule has 0 heterocycles. The highest BCUT2D eigenvalue weighted by atomic mass is 15.1. The minimum Gasteiger partial charge on any atom is -0.313 e. The third kappa shape index (κ3) is 3.82. The third-order valence-corrected chi connectivity index (χ3v) is 4.00. The van der Waals surface area contributed by atoms with Crippen molar-refractivity contribution < 1.29 is 0 Å². The van der Waals surface area contributed by atoms with Crippen LogP contribution in [-0.4, -0.2) is 31.6 Å². The van der Waals surface area contributed by atoms with Gasteiger partial charge in [0.1, 0.15) is 0 Å². The zero-order valence-electron chi connectivity index (χ0n) is 12.6. The number of hydrogen-bond donors (Lipinski definition) is 1. The molecule has 1 unspecified atom stereocenters. The summed E-state index contributed by atoms with van der Waals surface area (Å²) in [7, 11) is 2.06. The van der Waals surface area contributed by atoms with Crippen molar-refractivity contribution in [2.75, 3.05) is 26.7 Å². The predicted molar refractivity (Wildman–Crippen MR) is 80.1 cm³/mol. The molecule has 0 saturated carbocycles. The molecule has 102 valence electrons. The van der Waals surface area contributed by atoms with Gasteiger partial charge < -0.3 is 10.2 Å². The van der Waals surface area contributed by atoms with Gasteiger partial charge in [0, 0.05) is 6.04 Å². The molecule has 2 heteroatoms. The van der Waals surface area contributed by atoms with Crippen LogP contribution in [-0.2, 0) is 0 Å². The lowest BCUT2D eigenvalue weighted by Crippen LogP contribution is -2.28. The maximum atomic E-state index is 3.46. The number of hydrogen-bond acceptors (Lipinski definition) is 2. The quantitative estimate of drug-likeness (QED) is 0.796. The number of benzene rings is 1. The predicted octanol–water partition coefficient (Wildman–Crippen LogP) is 3.30. The molecule has 1 rings (SSSR count). The van der Waals surface area contributed by atoms with E-state index in [-0.39, 0.29) is 0 Å². The average Bonchev–Trinajstić information content (AvgIpc) is 2.39. The zero-order chi connectivity index (χ0) is 13.5. The number of aryl methyl sites for hydroxylation is 1. The van der Waals surface area contributed by atoms with E-state index in [2.05, 4.69) is 63.2 Å². The second-order valence-electron chi connectivity index (χ2n) is 4.95. The molecule has 0 saturated heterocycles. The molecule has 1 atom stereocenters. The molecule has 0 radical (unpaired) electrons. The molecule has 2 nitrogen and oxygen atoms in total. The van der Waals surface area contributed by atoms with Crippen molar-refractivity contribution >= 4 is 0 Å². The summed E-state index contributed by atoms with van der Waals surface area (Å²) in [6, 6.07) is 7.08.